The van der Waals surface area contributed by atoms with Gasteiger partial charge in [0.15, 0.2) is 0 Å². The minimum atomic E-state index is -0.0452. The highest BCUT2D eigenvalue weighted by Gasteiger charge is 2.13. The number of methoxy groups -OCH3 is 2. The maximum absolute atomic E-state index is 12.5. The Morgan fingerprint density at radius 3 is 2.59 bits per heavy atom. The summed E-state index contributed by atoms with van der Waals surface area (Å²) in [5.74, 6) is 1.36. The van der Waals surface area contributed by atoms with Gasteiger partial charge in [-0.1, -0.05) is 18.2 Å². The first kappa shape index (κ1) is 18.7. The standard InChI is InChI=1S/C22H24N2O3/c1-14-18-7-5-6-8-20(18)24-15(2)19(14)12-22(25)23-13-16-9-10-17(26-3)11-21(16)27-4/h5-11H,12-13H2,1-4H3,(H,23,25). The van der Waals surface area contributed by atoms with Gasteiger partial charge in [-0.15, -0.1) is 0 Å². The Hall–Kier alpha value is -3.08. The maximum atomic E-state index is 12.5. The average Bonchev–Trinajstić information content (AvgIpc) is 2.69. The van der Waals surface area contributed by atoms with Crippen LogP contribution in [0.1, 0.15) is 22.4 Å². The molecule has 1 N–H and O–H groups in total. The molecule has 0 bridgehead atoms. The van der Waals surface area contributed by atoms with Gasteiger partial charge >= 0.3 is 0 Å². The highest BCUT2D eigenvalue weighted by Crippen LogP contribution is 2.25. The normalized spacial score (nSPS) is 10.7. The molecular formula is C22H24N2O3. The molecule has 140 valence electrons. The summed E-state index contributed by atoms with van der Waals surface area (Å²) in [7, 11) is 3.21. The van der Waals surface area contributed by atoms with Crippen LogP contribution < -0.4 is 14.8 Å². The second kappa shape index (κ2) is 8.08. The number of para-hydroxylation sites is 1. The van der Waals surface area contributed by atoms with Crippen LogP contribution in [0, 0.1) is 13.8 Å². The molecule has 0 aliphatic rings. The topological polar surface area (TPSA) is 60.5 Å². The molecule has 0 saturated heterocycles. The van der Waals surface area contributed by atoms with Crippen LogP contribution >= 0.6 is 0 Å². The van der Waals surface area contributed by atoms with E-state index in [-0.39, 0.29) is 5.91 Å². The van der Waals surface area contributed by atoms with Gasteiger partial charge in [-0.3, -0.25) is 9.78 Å². The molecule has 5 nitrogen and oxygen atoms in total. The van der Waals surface area contributed by atoms with Crippen LogP contribution in [0.4, 0.5) is 0 Å². The van der Waals surface area contributed by atoms with Gasteiger partial charge in [0.05, 0.1) is 26.2 Å². The predicted molar refractivity (Wildman–Crippen MR) is 106 cm³/mol. The van der Waals surface area contributed by atoms with Gasteiger partial charge in [0.1, 0.15) is 11.5 Å². The highest BCUT2D eigenvalue weighted by molar-refractivity contribution is 5.86. The van der Waals surface area contributed by atoms with Gasteiger partial charge in [0.25, 0.3) is 0 Å². The molecule has 3 aromatic rings. The maximum Gasteiger partial charge on any atom is 0.224 e. The Bertz CT molecular complexity index is 983. The summed E-state index contributed by atoms with van der Waals surface area (Å²) in [6, 6.07) is 13.6. The molecule has 2 aromatic carbocycles. The number of benzene rings is 2. The summed E-state index contributed by atoms with van der Waals surface area (Å²) in [5.41, 5.74) is 4.84. The Morgan fingerprint density at radius 2 is 1.85 bits per heavy atom. The molecular weight excluding hydrogens is 340 g/mol. The number of pyridine rings is 1. The molecule has 0 saturated carbocycles. The number of carbonyl (C=O) groups excluding carboxylic acids is 1. The number of aromatic nitrogens is 1. The van der Waals surface area contributed by atoms with E-state index in [1.807, 2.05) is 56.3 Å². The second-order valence-corrected chi connectivity index (χ2v) is 6.45. The minimum absolute atomic E-state index is 0.0452. The van der Waals surface area contributed by atoms with E-state index in [9.17, 15) is 4.79 Å². The smallest absolute Gasteiger partial charge is 0.224 e. The van der Waals surface area contributed by atoms with Crippen molar-refractivity contribution in [3.05, 3.63) is 64.8 Å². The van der Waals surface area contributed by atoms with Crippen LogP contribution in [0.3, 0.4) is 0 Å². The first-order valence-corrected chi connectivity index (χ1v) is 8.86. The predicted octanol–water partition coefficient (Wildman–Crippen LogP) is 3.73. The van der Waals surface area contributed by atoms with Gasteiger partial charge in [0, 0.05) is 29.3 Å². The molecule has 0 aliphatic heterocycles. The van der Waals surface area contributed by atoms with Crippen molar-refractivity contribution >= 4 is 16.8 Å². The molecule has 0 spiro atoms. The average molecular weight is 364 g/mol. The summed E-state index contributed by atoms with van der Waals surface area (Å²) in [4.78, 5) is 17.2. The number of ether oxygens (including phenoxy) is 2. The molecule has 0 radical (unpaired) electrons. The monoisotopic (exact) mass is 364 g/mol. The summed E-state index contributed by atoms with van der Waals surface area (Å²) in [6.45, 7) is 4.39. The molecule has 0 unspecified atom stereocenters. The summed E-state index contributed by atoms with van der Waals surface area (Å²) >= 11 is 0. The van der Waals surface area contributed by atoms with Gasteiger partial charge in [0.2, 0.25) is 5.91 Å². The van der Waals surface area contributed by atoms with Crippen molar-refractivity contribution in [1.82, 2.24) is 10.3 Å². The van der Waals surface area contributed by atoms with Crippen LogP contribution in [0.5, 0.6) is 11.5 Å². The molecule has 5 heteroatoms. The van der Waals surface area contributed by atoms with E-state index in [1.54, 1.807) is 14.2 Å². The third kappa shape index (κ3) is 4.03. The lowest BCUT2D eigenvalue weighted by atomic mass is 9.99. The largest absolute Gasteiger partial charge is 0.497 e. The van der Waals surface area contributed by atoms with Gasteiger partial charge < -0.3 is 14.8 Å². The number of nitrogens with one attached hydrogen (secondary N) is 1. The minimum Gasteiger partial charge on any atom is -0.497 e. The fourth-order valence-electron chi connectivity index (χ4n) is 3.25. The fourth-order valence-corrected chi connectivity index (χ4v) is 3.25. The van der Waals surface area contributed by atoms with E-state index in [4.69, 9.17) is 9.47 Å². The van der Waals surface area contributed by atoms with Crippen molar-refractivity contribution in [2.24, 2.45) is 0 Å². The van der Waals surface area contributed by atoms with Crippen molar-refractivity contribution in [2.75, 3.05) is 14.2 Å². The van der Waals surface area contributed by atoms with Crippen molar-refractivity contribution in [2.45, 2.75) is 26.8 Å². The highest BCUT2D eigenvalue weighted by atomic mass is 16.5. The zero-order valence-electron chi connectivity index (χ0n) is 16.1. The SMILES string of the molecule is COc1ccc(CNC(=O)Cc2c(C)nc3ccccc3c2C)c(OC)c1. The lowest BCUT2D eigenvalue weighted by Crippen LogP contribution is -2.25. The number of amides is 1. The third-order valence-corrected chi connectivity index (χ3v) is 4.79. The zero-order chi connectivity index (χ0) is 19.4. The molecule has 0 aliphatic carbocycles. The Kier molecular flexibility index (Phi) is 5.60. The van der Waals surface area contributed by atoms with E-state index in [2.05, 4.69) is 10.3 Å². The molecule has 1 aromatic heterocycles. The summed E-state index contributed by atoms with van der Waals surface area (Å²) in [5, 5.41) is 4.06. The first-order chi connectivity index (χ1) is 13.0. The number of hydrogen-bond acceptors (Lipinski definition) is 4. The van der Waals surface area contributed by atoms with Crippen molar-refractivity contribution in [1.29, 1.82) is 0 Å². The van der Waals surface area contributed by atoms with Gasteiger partial charge in [-0.2, -0.15) is 0 Å². The van der Waals surface area contributed by atoms with E-state index >= 15 is 0 Å². The zero-order valence-corrected chi connectivity index (χ0v) is 16.1. The van der Waals surface area contributed by atoms with Gasteiger partial charge in [-0.05, 0) is 43.2 Å². The van der Waals surface area contributed by atoms with E-state index in [1.165, 1.54) is 0 Å². The van der Waals surface area contributed by atoms with Gasteiger partial charge in [-0.25, -0.2) is 0 Å². The lowest BCUT2D eigenvalue weighted by Gasteiger charge is -2.14. The second-order valence-electron chi connectivity index (χ2n) is 6.45. The quantitative estimate of drug-likeness (QED) is 0.724. The van der Waals surface area contributed by atoms with E-state index in [0.29, 0.717) is 18.7 Å². The summed E-state index contributed by atoms with van der Waals surface area (Å²) in [6.07, 6.45) is 0.300. The Balaban J connectivity index is 1.74. The lowest BCUT2D eigenvalue weighted by molar-refractivity contribution is -0.120. The fraction of sp³-hybridized carbons (Fsp3) is 0.273. The van der Waals surface area contributed by atoms with Crippen LogP contribution in [0.15, 0.2) is 42.5 Å². The third-order valence-electron chi connectivity index (χ3n) is 4.79. The molecule has 0 atom stereocenters. The van der Waals surface area contributed by atoms with Crippen LogP contribution in [-0.4, -0.2) is 25.1 Å². The molecule has 3 rings (SSSR count). The number of hydrogen-bond donors (Lipinski definition) is 1. The number of fused-ring (bicyclic) bond motifs is 1. The molecule has 1 heterocycles. The molecule has 27 heavy (non-hydrogen) atoms. The van der Waals surface area contributed by atoms with E-state index < -0.39 is 0 Å². The number of nitrogens with zero attached hydrogens (tertiary/aromatic N) is 1. The van der Waals surface area contributed by atoms with Crippen molar-refractivity contribution in [3.63, 3.8) is 0 Å². The Morgan fingerprint density at radius 1 is 1.07 bits per heavy atom. The van der Waals surface area contributed by atoms with Crippen LogP contribution in [0.25, 0.3) is 10.9 Å². The van der Waals surface area contributed by atoms with Crippen LogP contribution in [0.2, 0.25) is 0 Å². The van der Waals surface area contributed by atoms with E-state index in [0.717, 1.165) is 39.0 Å². The van der Waals surface area contributed by atoms with Crippen LogP contribution in [-0.2, 0) is 17.8 Å². The first-order valence-electron chi connectivity index (χ1n) is 8.86. The molecule has 0 fully saturated rings. The van der Waals surface area contributed by atoms with Crippen molar-refractivity contribution in [3.8, 4) is 11.5 Å². The van der Waals surface area contributed by atoms with Crippen molar-refractivity contribution < 1.29 is 14.3 Å². The Labute approximate surface area is 159 Å². The number of carbonyl (C=O) groups is 1. The number of rotatable bonds is 6. The molecule has 1 amide bonds. The summed E-state index contributed by atoms with van der Waals surface area (Å²) < 4.78 is 10.6. The number of aryl methyl sites for hydroxylation is 2.